The lowest BCUT2D eigenvalue weighted by molar-refractivity contribution is -0.119. The molecule has 2 N–H and O–H groups in total. The van der Waals surface area contributed by atoms with Crippen molar-refractivity contribution < 1.29 is 9.53 Å². The van der Waals surface area contributed by atoms with Crippen molar-refractivity contribution in [3.05, 3.63) is 58.9 Å². The van der Waals surface area contributed by atoms with Crippen LogP contribution in [0.15, 0.2) is 47.0 Å². The van der Waals surface area contributed by atoms with E-state index in [1.165, 1.54) is 0 Å². The number of benzene rings is 1. The lowest BCUT2D eigenvalue weighted by Gasteiger charge is -2.06. The molecule has 0 unspecified atom stereocenters. The van der Waals surface area contributed by atoms with Crippen LogP contribution in [-0.2, 0) is 4.79 Å². The summed E-state index contributed by atoms with van der Waals surface area (Å²) in [6.07, 6.45) is 3.43. The van der Waals surface area contributed by atoms with Crippen LogP contribution in [0.5, 0.6) is 5.75 Å². The maximum Gasteiger partial charge on any atom is 0.259 e. The van der Waals surface area contributed by atoms with Crippen LogP contribution in [0.2, 0.25) is 0 Å². The number of aryl methyl sites for hydroxylation is 1. The van der Waals surface area contributed by atoms with Crippen LogP contribution in [-0.4, -0.2) is 35.3 Å². The largest absolute Gasteiger partial charge is 0.497 e. The summed E-state index contributed by atoms with van der Waals surface area (Å²) in [6, 6.07) is 9.38. The number of aromatic nitrogens is 2. The molecule has 1 amide bonds. The highest BCUT2D eigenvalue weighted by Crippen LogP contribution is 2.21. The fourth-order valence-electron chi connectivity index (χ4n) is 2.64. The number of nitrogens with zero attached hydrogens (tertiary/aromatic N) is 3. The first-order chi connectivity index (χ1) is 13.1. The summed E-state index contributed by atoms with van der Waals surface area (Å²) < 4.78 is 7.17. The number of anilines is 1. The second-order valence-electron chi connectivity index (χ2n) is 5.85. The molecule has 0 aliphatic carbocycles. The van der Waals surface area contributed by atoms with E-state index in [1.54, 1.807) is 30.9 Å². The standard InChI is InChI=1S/C19H21N5O2S/c1-13-10-15(14(2)24(13)19-20-8-9-27-19)11-22-23-18(25)12-21-16-4-6-17(26-3)7-5-16/h4-11,21H,12H2,1-3H3,(H,23,25)/b22-11-. The Bertz CT molecular complexity index is 930. The van der Waals surface area contributed by atoms with Gasteiger partial charge in [-0.25, -0.2) is 10.4 Å². The summed E-state index contributed by atoms with van der Waals surface area (Å²) in [7, 11) is 1.61. The lowest BCUT2D eigenvalue weighted by atomic mass is 10.3. The first-order valence-corrected chi connectivity index (χ1v) is 9.25. The van der Waals surface area contributed by atoms with E-state index in [1.807, 2.05) is 49.6 Å². The van der Waals surface area contributed by atoms with E-state index in [0.29, 0.717) is 0 Å². The number of methoxy groups -OCH3 is 1. The fourth-order valence-corrected chi connectivity index (χ4v) is 3.40. The minimum absolute atomic E-state index is 0.127. The van der Waals surface area contributed by atoms with Gasteiger partial charge >= 0.3 is 0 Å². The molecule has 8 heteroatoms. The Morgan fingerprint density at radius 3 is 2.78 bits per heavy atom. The van der Waals surface area contributed by atoms with E-state index in [9.17, 15) is 4.79 Å². The van der Waals surface area contributed by atoms with Gasteiger partial charge in [0.15, 0.2) is 5.13 Å². The molecule has 7 nitrogen and oxygen atoms in total. The number of rotatable bonds is 7. The van der Waals surface area contributed by atoms with Gasteiger partial charge in [-0.1, -0.05) is 0 Å². The third-order valence-electron chi connectivity index (χ3n) is 4.02. The molecule has 0 saturated heterocycles. The zero-order valence-electron chi connectivity index (χ0n) is 15.4. The Morgan fingerprint density at radius 2 is 2.11 bits per heavy atom. The normalized spacial score (nSPS) is 10.9. The zero-order chi connectivity index (χ0) is 19.2. The number of carbonyl (C=O) groups is 1. The van der Waals surface area contributed by atoms with Gasteiger partial charge in [0, 0.05) is 34.2 Å². The predicted molar refractivity (Wildman–Crippen MR) is 108 cm³/mol. The maximum atomic E-state index is 11.9. The quantitative estimate of drug-likeness (QED) is 0.485. The lowest BCUT2D eigenvalue weighted by Crippen LogP contribution is -2.25. The molecule has 0 aliphatic heterocycles. The Hall–Kier alpha value is -3.13. The smallest absolute Gasteiger partial charge is 0.259 e. The summed E-state index contributed by atoms with van der Waals surface area (Å²) in [5, 5.41) is 9.95. The van der Waals surface area contributed by atoms with Gasteiger partial charge < -0.3 is 10.1 Å². The monoisotopic (exact) mass is 383 g/mol. The van der Waals surface area contributed by atoms with Crippen molar-refractivity contribution in [1.82, 2.24) is 15.0 Å². The van der Waals surface area contributed by atoms with E-state index in [2.05, 4.69) is 25.4 Å². The number of amides is 1. The topological polar surface area (TPSA) is 80.5 Å². The molecule has 3 rings (SSSR count). The van der Waals surface area contributed by atoms with Crippen LogP contribution in [0.1, 0.15) is 17.0 Å². The van der Waals surface area contributed by atoms with Gasteiger partial charge in [-0.3, -0.25) is 9.36 Å². The van der Waals surface area contributed by atoms with Gasteiger partial charge in [0.2, 0.25) is 0 Å². The summed E-state index contributed by atoms with van der Waals surface area (Å²) in [6.45, 7) is 4.15. The van der Waals surface area contributed by atoms with E-state index in [4.69, 9.17) is 4.74 Å². The molecule has 0 bridgehead atoms. The Balaban J connectivity index is 1.55. The molecular weight excluding hydrogens is 362 g/mol. The highest BCUT2D eigenvalue weighted by Gasteiger charge is 2.11. The predicted octanol–water partition coefficient (Wildman–Crippen LogP) is 3.12. The van der Waals surface area contributed by atoms with E-state index in [0.717, 1.165) is 33.5 Å². The van der Waals surface area contributed by atoms with Crippen molar-refractivity contribution in [1.29, 1.82) is 0 Å². The first kappa shape index (κ1) is 18.7. The van der Waals surface area contributed by atoms with Gasteiger partial charge in [0.05, 0.1) is 19.9 Å². The van der Waals surface area contributed by atoms with Gasteiger partial charge in [-0.15, -0.1) is 11.3 Å². The molecule has 2 aromatic heterocycles. The summed E-state index contributed by atoms with van der Waals surface area (Å²) in [5.74, 6) is 0.542. The Morgan fingerprint density at radius 1 is 1.33 bits per heavy atom. The van der Waals surface area contributed by atoms with Gasteiger partial charge in [0.1, 0.15) is 5.75 Å². The molecule has 2 heterocycles. The molecule has 0 saturated carbocycles. The third-order valence-corrected chi connectivity index (χ3v) is 4.77. The van der Waals surface area contributed by atoms with Crippen LogP contribution in [0.25, 0.3) is 5.13 Å². The van der Waals surface area contributed by atoms with E-state index < -0.39 is 0 Å². The summed E-state index contributed by atoms with van der Waals surface area (Å²) >= 11 is 1.57. The highest BCUT2D eigenvalue weighted by molar-refractivity contribution is 7.12. The van der Waals surface area contributed by atoms with Crippen molar-refractivity contribution in [2.24, 2.45) is 5.10 Å². The maximum absolute atomic E-state index is 11.9. The number of thiazole rings is 1. The summed E-state index contributed by atoms with van der Waals surface area (Å²) in [4.78, 5) is 16.3. The number of ether oxygens (including phenoxy) is 1. The van der Waals surface area contributed by atoms with Crippen molar-refractivity contribution in [2.75, 3.05) is 19.0 Å². The van der Waals surface area contributed by atoms with E-state index >= 15 is 0 Å². The number of hydrogen-bond donors (Lipinski definition) is 2. The molecule has 0 spiro atoms. The molecule has 27 heavy (non-hydrogen) atoms. The second-order valence-corrected chi connectivity index (χ2v) is 6.72. The number of hydrazone groups is 1. The number of carbonyl (C=O) groups excluding carboxylic acids is 1. The van der Waals surface area contributed by atoms with Gasteiger partial charge in [0.25, 0.3) is 5.91 Å². The van der Waals surface area contributed by atoms with Crippen molar-refractivity contribution >= 4 is 29.1 Å². The van der Waals surface area contributed by atoms with Crippen LogP contribution in [0.4, 0.5) is 5.69 Å². The van der Waals surface area contributed by atoms with Gasteiger partial charge in [-0.2, -0.15) is 5.10 Å². The Labute approximate surface area is 161 Å². The molecule has 3 aromatic rings. The molecule has 0 atom stereocenters. The average Bonchev–Trinajstić information content (AvgIpc) is 3.28. The number of nitrogens with one attached hydrogen (secondary N) is 2. The van der Waals surface area contributed by atoms with Crippen molar-refractivity contribution in [3.8, 4) is 10.9 Å². The molecule has 140 valence electrons. The van der Waals surface area contributed by atoms with Crippen LogP contribution >= 0.6 is 11.3 Å². The molecule has 0 fully saturated rings. The van der Waals surface area contributed by atoms with Crippen LogP contribution < -0.4 is 15.5 Å². The minimum Gasteiger partial charge on any atom is -0.497 e. The molecule has 0 radical (unpaired) electrons. The molecule has 1 aromatic carbocycles. The van der Waals surface area contributed by atoms with Crippen LogP contribution in [0, 0.1) is 13.8 Å². The molecule has 0 aliphatic rings. The highest BCUT2D eigenvalue weighted by atomic mass is 32.1. The third kappa shape index (κ3) is 4.53. The Kier molecular flexibility index (Phi) is 5.87. The SMILES string of the molecule is COc1ccc(NCC(=O)N/N=C\c2cc(C)n(-c3nccs3)c2C)cc1. The second kappa shape index (κ2) is 8.50. The fraction of sp³-hybridized carbons (Fsp3) is 0.211. The minimum atomic E-state index is -0.226. The average molecular weight is 383 g/mol. The van der Waals surface area contributed by atoms with Gasteiger partial charge in [-0.05, 0) is 44.2 Å². The first-order valence-electron chi connectivity index (χ1n) is 8.37. The summed E-state index contributed by atoms with van der Waals surface area (Å²) in [5.41, 5.74) is 6.40. The van der Waals surface area contributed by atoms with Crippen molar-refractivity contribution in [2.45, 2.75) is 13.8 Å². The van der Waals surface area contributed by atoms with E-state index in [-0.39, 0.29) is 12.5 Å². The molecular formula is C19H21N5O2S. The number of hydrogen-bond acceptors (Lipinski definition) is 6. The zero-order valence-corrected chi connectivity index (χ0v) is 16.2. The van der Waals surface area contributed by atoms with Crippen LogP contribution in [0.3, 0.4) is 0 Å². The van der Waals surface area contributed by atoms with Crippen molar-refractivity contribution in [3.63, 3.8) is 0 Å².